The lowest BCUT2D eigenvalue weighted by Gasteiger charge is -2.32. The molecule has 0 aromatic rings. The molecule has 6 heteroatoms. The van der Waals surface area contributed by atoms with Crippen LogP contribution in [-0.4, -0.2) is 43.1 Å². The molecule has 0 fully saturated rings. The first-order valence-corrected chi connectivity index (χ1v) is 6.72. The van der Waals surface area contributed by atoms with Crippen LogP contribution in [0.25, 0.3) is 0 Å². The number of rotatable bonds is 6. The van der Waals surface area contributed by atoms with Crippen LogP contribution < -0.4 is 0 Å². The predicted octanol–water partition coefficient (Wildman–Crippen LogP) is 1.58. The van der Waals surface area contributed by atoms with E-state index >= 15 is 0 Å². The molecular weight excluding hydrogens is 264 g/mol. The first-order valence-electron chi connectivity index (χ1n) is 6.72. The second-order valence-corrected chi connectivity index (χ2v) is 4.66. The van der Waals surface area contributed by atoms with Gasteiger partial charge in [-0.15, -0.1) is 0 Å². The number of hydrogen-bond acceptors (Lipinski definition) is 6. The molecule has 0 aromatic heterocycles. The lowest BCUT2D eigenvalue weighted by atomic mass is 10.1. The average Bonchev–Trinajstić information content (AvgIpc) is 2.37. The van der Waals surface area contributed by atoms with Crippen molar-refractivity contribution in [3.63, 3.8) is 0 Å². The fourth-order valence-electron chi connectivity index (χ4n) is 1.66. The highest BCUT2D eigenvalue weighted by molar-refractivity contribution is 5.66. The Balaban J connectivity index is 2.65. The molecule has 4 unspecified atom stereocenters. The van der Waals surface area contributed by atoms with Crippen LogP contribution in [0.1, 0.15) is 34.1 Å². The van der Waals surface area contributed by atoms with Crippen molar-refractivity contribution in [2.75, 3.05) is 6.61 Å². The Hall–Kier alpha value is -1.40. The van der Waals surface area contributed by atoms with Gasteiger partial charge in [0.2, 0.25) is 0 Å². The van der Waals surface area contributed by atoms with Gasteiger partial charge >= 0.3 is 11.9 Å². The Labute approximate surface area is 119 Å². The van der Waals surface area contributed by atoms with Crippen molar-refractivity contribution in [2.45, 2.75) is 58.7 Å². The van der Waals surface area contributed by atoms with Crippen LogP contribution in [0, 0.1) is 0 Å². The Kier molecular flexibility index (Phi) is 6.67. The van der Waals surface area contributed by atoms with Gasteiger partial charge in [-0.2, -0.15) is 0 Å². The third-order valence-electron chi connectivity index (χ3n) is 2.83. The third-order valence-corrected chi connectivity index (χ3v) is 2.83. The van der Waals surface area contributed by atoms with Gasteiger partial charge in [0.25, 0.3) is 0 Å². The van der Waals surface area contributed by atoms with Gasteiger partial charge in [0.1, 0.15) is 18.8 Å². The number of ether oxygens (including phenoxy) is 4. The number of carbonyl (C=O) groups is 2. The van der Waals surface area contributed by atoms with Gasteiger partial charge in [-0.3, -0.25) is 9.59 Å². The average molecular weight is 286 g/mol. The molecule has 0 aromatic carbocycles. The van der Waals surface area contributed by atoms with E-state index in [1.807, 2.05) is 13.8 Å². The molecule has 0 radical (unpaired) electrons. The van der Waals surface area contributed by atoms with Crippen molar-refractivity contribution < 1.29 is 28.5 Å². The van der Waals surface area contributed by atoms with Crippen LogP contribution >= 0.6 is 0 Å². The molecule has 0 aliphatic carbocycles. The molecule has 1 rings (SSSR count). The van der Waals surface area contributed by atoms with Gasteiger partial charge in [-0.1, -0.05) is 6.92 Å². The zero-order chi connectivity index (χ0) is 15.1. The van der Waals surface area contributed by atoms with Gasteiger partial charge in [-0.25, -0.2) is 0 Å². The van der Waals surface area contributed by atoms with Gasteiger partial charge in [-0.05, 0) is 25.5 Å². The molecule has 1 aliphatic rings. The van der Waals surface area contributed by atoms with Crippen molar-refractivity contribution in [3.8, 4) is 0 Å². The zero-order valence-electron chi connectivity index (χ0n) is 12.3. The summed E-state index contributed by atoms with van der Waals surface area (Å²) in [5, 5.41) is 0. The summed E-state index contributed by atoms with van der Waals surface area (Å²) < 4.78 is 21.3. The van der Waals surface area contributed by atoms with E-state index in [9.17, 15) is 9.59 Å². The molecule has 6 nitrogen and oxygen atoms in total. The van der Waals surface area contributed by atoms with E-state index < -0.39 is 30.4 Å². The molecule has 114 valence electrons. The number of esters is 2. The molecule has 1 aliphatic heterocycles. The summed E-state index contributed by atoms with van der Waals surface area (Å²) in [6, 6.07) is 0. The summed E-state index contributed by atoms with van der Waals surface area (Å²) >= 11 is 0. The van der Waals surface area contributed by atoms with Crippen LogP contribution in [0.15, 0.2) is 12.2 Å². The number of hydrogen-bond donors (Lipinski definition) is 0. The fourth-order valence-corrected chi connectivity index (χ4v) is 1.66. The minimum atomic E-state index is -0.580. The van der Waals surface area contributed by atoms with Gasteiger partial charge < -0.3 is 18.9 Å². The van der Waals surface area contributed by atoms with E-state index in [1.165, 1.54) is 13.8 Å². The van der Waals surface area contributed by atoms with Gasteiger partial charge in [0.05, 0.1) is 6.10 Å². The Morgan fingerprint density at radius 2 is 1.95 bits per heavy atom. The molecule has 0 amide bonds. The van der Waals surface area contributed by atoms with E-state index in [2.05, 4.69) is 0 Å². The van der Waals surface area contributed by atoms with E-state index in [4.69, 9.17) is 18.9 Å². The van der Waals surface area contributed by atoms with Crippen LogP contribution in [0.2, 0.25) is 0 Å². The van der Waals surface area contributed by atoms with Crippen LogP contribution in [0.3, 0.4) is 0 Å². The van der Waals surface area contributed by atoms with E-state index in [0.29, 0.717) is 0 Å². The molecule has 0 N–H and O–H groups in total. The van der Waals surface area contributed by atoms with Crippen molar-refractivity contribution in [2.24, 2.45) is 0 Å². The first kappa shape index (κ1) is 16.7. The van der Waals surface area contributed by atoms with E-state index in [1.54, 1.807) is 12.2 Å². The van der Waals surface area contributed by atoms with Crippen LogP contribution in [0.4, 0.5) is 0 Å². The molecule has 0 bridgehead atoms. The van der Waals surface area contributed by atoms with Gasteiger partial charge in [0, 0.05) is 13.8 Å². The highest BCUT2D eigenvalue weighted by atomic mass is 16.7. The van der Waals surface area contributed by atoms with Crippen molar-refractivity contribution >= 4 is 11.9 Å². The second-order valence-electron chi connectivity index (χ2n) is 4.66. The molecule has 0 spiro atoms. The monoisotopic (exact) mass is 286 g/mol. The maximum Gasteiger partial charge on any atom is 0.303 e. The molecule has 0 saturated carbocycles. The van der Waals surface area contributed by atoms with E-state index in [-0.39, 0.29) is 12.7 Å². The predicted molar refractivity (Wildman–Crippen MR) is 70.8 cm³/mol. The van der Waals surface area contributed by atoms with Crippen molar-refractivity contribution in [3.05, 3.63) is 12.2 Å². The van der Waals surface area contributed by atoms with Crippen LogP contribution in [0.5, 0.6) is 0 Å². The fraction of sp³-hybridized carbons (Fsp3) is 0.714. The maximum absolute atomic E-state index is 11.1. The summed E-state index contributed by atoms with van der Waals surface area (Å²) in [5.74, 6) is -0.832. The smallest absolute Gasteiger partial charge is 0.303 e. The Morgan fingerprint density at radius 3 is 2.50 bits per heavy atom. The Bertz CT molecular complexity index is 365. The topological polar surface area (TPSA) is 71.1 Å². The minimum Gasteiger partial charge on any atom is -0.463 e. The maximum atomic E-state index is 11.1. The largest absolute Gasteiger partial charge is 0.463 e. The molecule has 20 heavy (non-hydrogen) atoms. The lowest BCUT2D eigenvalue weighted by molar-refractivity contribution is -0.207. The second kappa shape index (κ2) is 8.01. The summed E-state index contributed by atoms with van der Waals surface area (Å²) in [6.07, 6.45) is 2.62. The van der Waals surface area contributed by atoms with Crippen molar-refractivity contribution in [1.82, 2.24) is 0 Å². The lowest BCUT2D eigenvalue weighted by Crippen LogP contribution is -2.42. The zero-order valence-corrected chi connectivity index (χ0v) is 12.3. The third kappa shape index (κ3) is 5.71. The van der Waals surface area contributed by atoms with Crippen molar-refractivity contribution in [1.29, 1.82) is 0 Å². The summed E-state index contributed by atoms with van der Waals surface area (Å²) in [4.78, 5) is 21.9. The van der Waals surface area contributed by atoms with Crippen LogP contribution in [-0.2, 0) is 28.5 Å². The molecular formula is C14H22O6. The summed E-state index contributed by atoms with van der Waals surface area (Å²) in [5.41, 5.74) is 0. The standard InChI is InChI=1S/C14H22O6/c1-5-9(2)18-14-7-6-12(19-11(4)16)13(20-14)8-17-10(3)15/h6-7,9,12-14H,5,8H2,1-4H3. The first-order chi connectivity index (χ1) is 9.42. The minimum absolute atomic E-state index is 0.0119. The highest BCUT2D eigenvalue weighted by Gasteiger charge is 2.31. The van der Waals surface area contributed by atoms with Gasteiger partial charge in [0.15, 0.2) is 6.29 Å². The highest BCUT2D eigenvalue weighted by Crippen LogP contribution is 2.19. The van der Waals surface area contributed by atoms with E-state index in [0.717, 1.165) is 6.42 Å². The summed E-state index contributed by atoms with van der Waals surface area (Å²) in [7, 11) is 0. The normalized spacial score (nSPS) is 26.9. The number of carbonyl (C=O) groups excluding carboxylic acids is 2. The molecule has 1 heterocycles. The SMILES string of the molecule is CCC(C)OC1C=CC(OC(C)=O)C(COC(C)=O)O1. The Morgan fingerprint density at radius 1 is 1.25 bits per heavy atom. The summed E-state index contributed by atoms with van der Waals surface area (Å²) in [6.45, 7) is 6.59. The quantitative estimate of drug-likeness (QED) is 0.545. The molecule has 4 atom stereocenters. The molecule has 0 saturated heterocycles.